The number of hydrogen-bond acceptors (Lipinski definition) is 4. The number of carbonyl (C=O) groups is 1. The minimum absolute atomic E-state index is 0.0166. The fourth-order valence-electron chi connectivity index (χ4n) is 3.85. The van der Waals surface area contributed by atoms with Gasteiger partial charge in [0.1, 0.15) is 22.8 Å². The number of alkyl halides is 4. The fraction of sp³-hybridized carbons (Fsp3) is 0.286. The number of fused-ring (bicyclic) bond motifs is 1. The van der Waals surface area contributed by atoms with Gasteiger partial charge in [-0.3, -0.25) is 14.2 Å². The van der Waals surface area contributed by atoms with Gasteiger partial charge < -0.3 is 10.6 Å². The van der Waals surface area contributed by atoms with Gasteiger partial charge >= 0.3 is 6.43 Å². The highest BCUT2D eigenvalue weighted by Crippen LogP contribution is 2.28. The van der Waals surface area contributed by atoms with E-state index in [0.717, 1.165) is 22.8 Å². The lowest BCUT2D eigenvalue weighted by atomic mass is 10.1. The Bertz CT molecular complexity index is 1280. The third-order valence-corrected chi connectivity index (χ3v) is 5.27. The van der Waals surface area contributed by atoms with Gasteiger partial charge in [-0.05, 0) is 36.8 Å². The lowest BCUT2D eigenvalue weighted by Crippen LogP contribution is -2.39. The highest BCUT2D eigenvalue weighted by Gasteiger charge is 2.32. The first-order valence-electron chi connectivity index (χ1n) is 9.77. The van der Waals surface area contributed by atoms with Crippen LogP contribution in [0.2, 0.25) is 0 Å². The number of carbonyl (C=O) groups excluding carboxylic acids is 1. The number of nitrogens with one attached hydrogen (secondary N) is 2. The standard InChI is InChI=1S/C21H16F6N4O2/c22-10-4-9(17(24)25)5-12(6-10)31-19(15-7-11(8-28-15)29-20(32)18(26)27)30-14-3-1-2-13(23)16(14)21(31)33/h1-6,11,15,17-18,28H,7-8H2,(H,29,32)/t11-,15+/m1/s1. The van der Waals surface area contributed by atoms with Crippen LogP contribution in [0.5, 0.6) is 0 Å². The van der Waals surface area contributed by atoms with Crippen molar-refractivity contribution < 1.29 is 31.1 Å². The summed E-state index contributed by atoms with van der Waals surface area (Å²) in [6, 6.07) is 4.49. The molecule has 0 bridgehead atoms. The van der Waals surface area contributed by atoms with Crippen LogP contribution in [-0.4, -0.2) is 34.5 Å². The number of rotatable bonds is 5. The molecule has 0 spiro atoms. The van der Waals surface area contributed by atoms with Gasteiger partial charge in [0.05, 0.1) is 17.2 Å². The summed E-state index contributed by atoms with van der Waals surface area (Å²) in [6.07, 6.45) is -6.24. The average Bonchev–Trinajstić information content (AvgIpc) is 3.21. The molecule has 2 N–H and O–H groups in total. The molecule has 1 aromatic heterocycles. The van der Waals surface area contributed by atoms with E-state index in [9.17, 15) is 35.9 Å². The van der Waals surface area contributed by atoms with Crippen molar-refractivity contribution in [2.75, 3.05) is 6.54 Å². The van der Waals surface area contributed by atoms with Crippen LogP contribution in [0.3, 0.4) is 0 Å². The van der Waals surface area contributed by atoms with E-state index in [-0.39, 0.29) is 30.0 Å². The van der Waals surface area contributed by atoms with Crippen LogP contribution in [0.25, 0.3) is 16.6 Å². The molecule has 12 heteroatoms. The van der Waals surface area contributed by atoms with Crippen molar-refractivity contribution >= 4 is 16.8 Å². The maximum Gasteiger partial charge on any atom is 0.315 e. The van der Waals surface area contributed by atoms with Crippen LogP contribution in [-0.2, 0) is 4.79 Å². The van der Waals surface area contributed by atoms with Gasteiger partial charge in [-0.15, -0.1) is 0 Å². The Hall–Kier alpha value is -3.41. The Morgan fingerprint density at radius 3 is 2.61 bits per heavy atom. The quantitative estimate of drug-likeness (QED) is 0.561. The lowest BCUT2D eigenvalue weighted by Gasteiger charge is -2.19. The first kappa shape index (κ1) is 22.8. The SMILES string of the molecule is O=C(N[C@H]1CN[C@H](c2nc3cccc(F)c3c(=O)n2-c2cc(F)cc(C(F)F)c2)C1)C(F)F. The molecule has 0 aliphatic carbocycles. The predicted octanol–water partition coefficient (Wildman–Crippen LogP) is 3.39. The Balaban J connectivity index is 1.87. The molecular formula is C21H16F6N4O2. The van der Waals surface area contributed by atoms with E-state index in [4.69, 9.17) is 0 Å². The van der Waals surface area contributed by atoms with Crippen LogP contribution < -0.4 is 16.2 Å². The van der Waals surface area contributed by atoms with Crippen molar-refractivity contribution in [2.45, 2.75) is 31.4 Å². The van der Waals surface area contributed by atoms with Crippen LogP contribution >= 0.6 is 0 Å². The van der Waals surface area contributed by atoms with E-state index in [1.54, 1.807) is 0 Å². The number of nitrogens with zero attached hydrogens (tertiary/aromatic N) is 2. The highest BCUT2D eigenvalue weighted by molar-refractivity contribution is 5.80. The summed E-state index contributed by atoms with van der Waals surface area (Å²) in [5.41, 5.74) is -1.98. The Kier molecular flexibility index (Phi) is 6.11. The molecule has 2 atom stereocenters. The van der Waals surface area contributed by atoms with Gasteiger partial charge in [-0.1, -0.05) is 6.07 Å². The van der Waals surface area contributed by atoms with Crippen LogP contribution in [0.1, 0.15) is 30.3 Å². The molecule has 0 radical (unpaired) electrons. The van der Waals surface area contributed by atoms with E-state index in [0.29, 0.717) is 6.07 Å². The summed E-state index contributed by atoms with van der Waals surface area (Å²) in [5, 5.41) is 4.64. The normalized spacial score (nSPS) is 18.4. The van der Waals surface area contributed by atoms with E-state index in [1.165, 1.54) is 12.1 Å². The number of benzene rings is 2. The summed E-state index contributed by atoms with van der Waals surface area (Å²) < 4.78 is 81.0. The van der Waals surface area contributed by atoms with Crippen LogP contribution in [0.4, 0.5) is 26.3 Å². The summed E-state index contributed by atoms with van der Waals surface area (Å²) >= 11 is 0. The Labute approximate surface area is 182 Å². The zero-order chi connectivity index (χ0) is 23.9. The van der Waals surface area contributed by atoms with Gasteiger partial charge in [0.2, 0.25) is 0 Å². The second kappa shape index (κ2) is 8.85. The number of hydrogen-bond donors (Lipinski definition) is 2. The Morgan fingerprint density at radius 1 is 1.15 bits per heavy atom. The van der Waals surface area contributed by atoms with Crippen molar-refractivity contribution in [3.8, 4) is 5.69 Å². The topological polar surface area (TPSA) is 76.0 Å². The molecule has 2 aromatic carbocycles. The average molecular weight is 470 g/mol. The molecule has 33 heavy (non-hydrogen) atoms. The molecule has 2 heterocycles. The summed E-state index contributed by atoms with van der Waals surface area (Å²) in [6.45, 7) is 0.0472. The minimum atomic E-state index is -3.22. The highest BCUT2D eigenvalue weighted by atomic mass is 19.3. The third kappa shape index (κ3) is 4.42. The summed E-state index contributed by atoms with van der Waals surface area (Å²) in [7, 11) is 0. The zero-order valence-electron chi connectivity index (χ0n) is 16.7. The molecule has 1 amide bonds. The maximum absolute atomic E-state index is 14.4. The summed E-state index contributed by atoms with van der Waals surface area (Å²) in [5.74, 6) is -3.49. The molecular weight excluding hydrogens is 454 g/mol. The number of aromatic nitrogens is 2. The van der Waals surface area contributed by atoms with Crippen molar-refractivity contribution in [1.29, 1.82) is 0 Å². The zero-order valence-corrected chi connectivity index (χ0v) is 16.7. The van der Waals surface area contributed by atoms with Crippen molar-refractivity contribution in [1.82, 2.24) is 20.2 Å². The van der Waals surface area contributed by atoms with Crippen molar-refractivity contribution in [2.24, 2.45) is 0 Å². The van der Waals surface area contributed by atoms with E-state index < -0.39 is 59.0 Å². The lowest BCUT2D eigenvalue weighted by molar-refractivity contribution is -0.132. The van der Waals surface area contributed by atoms with Gasteiger partial charge in [0.15, 0.2) is 0 Å². The van der Waals surface area contributed by atoms with E-state index in [2.05, 4.69) is 15.6 Å². The molecule has 1 saturated heterocycles. The van der Waals surface area contributed by atoms with Gasteiger partial charge in [-0.2, -0.15) is 8.78 Å². The molecule has 1 aliphatic rings. The van der Waals surface area contributed by atoms with Crippen LogP contribution in [0.15, 0.2) is 41.2 Å². The molecule has 1 aliphatic heterocycles. The molecule has 0 unspecified atom stereocenters. The number of amides is 1. The number of halogens is 6. The monoisotopic (exact) mass is 470 g/mol. The first-order chi connectivity index (χ1) is 15.7. The largest absolute Gasteiger partial charge is 0.347 e. The maximum atomic E-state index is 14.4. The fourth-order valence-corrected chi connectivity index (χ4v) is 3.85. The van der Waals surface area contributed by atoms with E-state index >= 15 is 0 Å². The molecule has 174 valence electrons. The smallest absolute Gasteiger partial charge is 0.315 e. The van der Waals surface area contributed by atoms with E-state index in [1.807, 2.05) is 0 Å². The molecule has 6 nitrogen and oxygen atoms in total. The minimum Gasteiger partial charge on any atom is -0.347 e. The first-order valence-corrected chi connectivity index (χ1v) is 9.77. The Morgan fingerprint density at radius 2 is 1.91 bits per heavy atom. The van der Waals surface area contributed by atoms with Crippen LogP contribution in [0, 0.1) is 11.6 Å². The predicted molar refractivity (Wildman–Crippen MR) is 106 cm³/mol. The van der Waals surface area contributed by atoms with Gasteiger partial charge in [-0.25, -0.2) is 22.5 Å². The van der Waals surface area contributed by atoms with Gasteiger partial charge in [0, 0.05) is 18.2 Å². The molecule has 0 saturated carbocycles. The van der Waals surface area contributed by atoms with Gasteiger partial charge in [0.25, 0.3) is 17.9 Å². The second-order valence-corrected chi connectivity index (χ2v) is 7.49. The van der Waals surface area contributed by atoms with Crippen molar-refractivity contribution in [3.63, 3.8) is 0 Å². The molecule has 4 rings (SSSR count). The molecule has 1 fully saturated rings. The third-order valence-electron chi connectivity index (χ3n) is 5.27. The second-order valence-electron chi connectivity index (χ2n) is 7.49. The van der Waals surface area contributed by atoms with Crippen molar-refractivity contribution in [3.05, 3.63) is 69.8 Å². The summed E-state index contributed by atoms with van der Waals surface area (Å²) in [4.78, 5) is 28.9. The molecule has 3 aromatic rings.